The van der Waals surface area contributed by atoms with Crippen molar-refractivity contribution in [3.63, 3.8) is 0 Å². The highest BCUT2D eigenvalue weighted by Gasteiger charge is 1.99. The fourth-order valence-corrected chi connectivity index (χ4v) is 2.15. The van der Waals surface area contributed by atoms with Crippen LogP contribution in [-0.2, 0) is 13.1 Å². The fraction of sp³-hybridized carbons (Fsp3) is 0.133. The molecule has 1 N–H and O–H groups in total. The normalized spacial score (nSPS) is 10.2. The van der Waals surface area contributed by atoms with Crippen LogP contribution in [0.5, 0.6) is 0 Å². The summed E-state index contributed by atoms with van der Waals surface area (Å²) in [5, 5.41) is 12.8. The lowest BCUT2D eigenvalue weighted by Gasteiger charge is -2.06. The molecular weight excluding hydrogens is 324 g/mol. The van der Waals surface area contributed by atoms with Crippen LogP contribution in [0.3, 0.4) is 0 Å². The molecule has 0 saturated carbocycles. The second kappa shape index (κ2) is 6.72. The van der Waals surface area contributed by atoms with Crippen LogP contribution in [0.4, 0.5) is 0 Å². The molecular formula is C15H12BrClN2. The third-order valence-corrected chi connectivity index (χ3v) is 3.96. The first-order valence-electron chi connectivity index (χ1n) is 5.83. The highest BCUT2D eigenvalue weighted by molar-refractivity contribution is 9.10. The van der Waals surface area contributed by atoms with Gasteiger partial charge in [0.25, 0.3) is 0 Å². The van der Waals surface area contributed by atoms with E-state index in [1.807, 2.05) is 42.5 Å². The SMILES string of the molecule is N#Cc1ccc(CNCc2ccc(Br)c(Cl)c2)cc1. The number of rotatable bonds is 4. The molecule has 0 atom stereocenters. The Morgan fingerprint density at radius 3 is 2.32 bits per heavy atom. The van der Waals surface area contributed by atoms with Crippen LogP contribution in [0.25, 0.3) is 0 Å². The zero-order valence-electron chi connectivity index (χ0n) is 10.2. The highest BCUT2D eigenvalue weighted by Crippen LogP contribution is 2.23. The van der Waals surface area contributed by atoms with Crippen LogP contribution < -0.4 is 5.32 Å². The topological polar surface area (TPSA) is 35.8 Å². The molecule has 0 aliphatic rings. The average molecular weight is 336 g/mol. The second-order valence-electron chi connectivity index (χ2n) is 4.16. The molecule has 2 nitrogen and oxygen atoms in total. The van der Waals surface area contributed by atoms with Gasteiger partial charge in [0.2, 0.25) is 0 Å². The van der Waals surface area contributed by atoms with E-state index in [0.29, 0.717) is 5.56 Å². The van der Waals surface area contributed by atoms with Gasteiger partial charge < -0.3 is 5.32 Å². The van der Waals surface area contributed by atoms with E-state index in [1.165, 1.54) is 0 Å². The third-order valence-electron chi connectivity index (χ3n) is 2.73. The van der Waals surface area contributed by atoms with Gasteiger partial charge in [-0.05, 0) is 51.3 Å². The quantitative estimate of drug-likeness (QED) is 0.906. The predicted molar refractivity (Wildman–Crippen MR) is 80.9 cm³/mol. The Kier molecular flexibility index (Phi) is 4.98. The Hall–Kier alpha value is -1.34. The van der Waals surface area contributed by atoms with Crippen LogP contribution in [0.15, 0.2) is 46.9 Å². The van der Waals surface area contributed by atoms with Crippen molar-refractivity contribution in [1.82, 2.24) is 5.32 Å². The van der Waals surface area contributed by atoms with Crippen LogP contribution in [0.1, 0.15) is 16.7 Å². The zero-order chi connectivity index (χ0) is 13.7. The number of benzene rings is 2. The van der Waals surface area contributed by atoms with E-state index in [0.717, 1.165) is 33.7 Å². The van der Waals surface area contributed by atoms with Crippen molar-refractivity contribution in [3.8, 4) is 6.07 Å². The fourth-order valence-electron chi connectivity index (χ4n) is 1.70. The summed E-state index contributed by atoms with van der Waals surface area (Å²) >= 11 is 9.41. The maximum atomic E-state index is 8.72. The van der Waals surface area contributed by atoms with Gasteiger partial charge in [-0.15, -0.1) is 0 Å². The summed E-state index contributed by atoms with van der Waals surface area (Å²) in [5.74, 6) is 0. The van der Waals surface area contributed by atoms with Crippen molar-refractivity contribution in [2.45, 2.75) is 13.1 Å². The molecule has 0 aliphatic carbocycles. The summed E-state index contributed by atoms with van der Waals surface area (Å²) in [6.07, 6.45) is 0. The minimum atomic E-state index is 0.684. The molecule has 2 rings (SSSR count). The van der Waals surface area contributed by atoms with Crippen LogP contribution in [0, 0.1) is 11.3 Å². The van der Waals surface area contributed by atoms with Crippen molar-refractivity contribution in [1.29, 1.82) is 5.26 Å². The van der Waals surface area contributed by atoms with E-state index in [9.17, 15) is 0 Å². The number of nitrogens with one attached hydrogen (secondary N) is 1. The summed E-state index contributed by atoms with van der Waals surface area (Å²) < 4.78 is 0.907. The first-order valence-corrected chi connectivity index (χ1v) is 7.00. The van der Waals surface area contributed by atoms with Crippen LogP contribution in [-0.4, -0.2) is 0 Å². The molecule has 19 heavy (non-hydrogen) atoms. The van der Waals surface area contributed by atoms with Crippen molar-refractivity contribution in [3.05, 3.63) is 68.7 Å². The van der Waals surface area contributed by atoms with E-state index >= 15 is 0 Å². The molecule has 2 aromatic rings. The first-order chi connectivity index (χ1) is 9.19. The number of hydrogen-bond acceptors (Lipinski definition) is 2. The van der Waals surface area contributed by atoms with E-state index < -0.39 is 0 Å². The Morgan fingerprint density at radius 1 is 1.05 bits per heavy atom. The third kappa shape index (κ3) is 4.07. The maximum Gasteiger partial charge on any atom is 0.0991 e. The summed E-state index contributed by atoms with van der Waals surface area (Å²) in [5.41, 5.74) is 2.98. The molecule has 0 aromatic heterocycles. The monoisotopic (exact) mass is 334 g/mol. The Balaban J connectivity index is 1.89. The maximum absolute atomic E-state index is 8.72. The number of halogens is 2. The lowest BCUT2D eigenvalue weighted by Crippen LogP contribution is -2.12. The second-order valence-corrected chi connectivity index (χ2v) is 5.42. The molecule has 2 aromatic carbocycles. The molecule has 0 unspecified atom stereocenters. The van der Waals surface area contributed by atoms with E-state index in [-0.39, 0.29) is 0 Å². The van der Waals surface area contributed by atoms with Gasteiger partial charge in [-0.25, -0.2) is 0 Å². The van der Waals surface area contributed by atoms with Crippen molar-refractivity contribution < 1.29 is 0 Å². The van der Waals surface area contributed by atoms with Gasteiger partial charge in [0, 0.05) is 17.6 Å². The number of hydrogen-bond donors (Lipinski definition) is 1. The number of nitrogens with zero attached hydrogens (tertiary/aromatic N) is 1. The van der Waals surface area contributed by atoms with Gasteiger partial charge in [0.15, 0.2) is 0 Å². The smallest absolute Gasteiger partial charge is 0.0991 e. The van der Waals surface area contributed by atoms with Crippen molar-refractivity contribution in [2.75, 3.05) is 0 Å². The molecule has 0 radical (unpaired) electrons. The molecule has 0 aliphatic heterocycles. The summed E-state index contributed by atoms with van der Waals surface area (Å²) in [6.45, 7) is 1.52. The lowest BCUT2D eigenvalue weighted by atomic mass is 10.1. The van der Waals surface area contributed by atoms with E-state index in [4.69, 9.17) is 16.9 Å². The van der Waals surface area contributed by atoms with Crippen LogP contribution in [0.2, 0.25) is 5.02 Å². The minimum Gasteiger partial charge on any atom is -0.309 e. The lowest BCUT2D eigenvalue weighted by molar-refractivity contribution is 0.693. The van der Waals surface area contributed by atoms with Crippen molar-refractivity contribution in [2.24, 2.45) is 0 Å². The van der Waals surface area contributed by atoms with Gasteiger partial charge in [0.1, 0.15) is 0 Å². The molecule has 0 spiro atoms. The Morgan fingerprint density at radius 2 is 1.68 bits per heavy atom. The molecule has 0 bridgehead atoms. The van der Waals surface area contributed by atoms with Gasteiger partial charge in [0.05, 0.1) is 16.7 Å². The van der Waals surface area contributed by atoms with Gasteiger partial charge >= 0.3 is 0 Å². The summed E-state index contributed by atoms with van der Waals surface area (Å²) in [7, 11) is 0. The van der Waals surface area contributed by atoms with Gasteiger partial charge in [-0.3, -0.25) is 0 Å². The Bertz CT molecular complexity index is 603. The van der Waals surface area contributed by atoms with Gasteiger partial charge in [-0.2, -0.15) is 5.26 Å². The highest BCUT2D eigenvalue weighted by atomic mass is 79.9. The van der Waals surface area contributed by atoms with Gasteiger partial charge in [-0.1, -0.05) is 29.8 Å². The van der Waals surface area contributed by atoms with E-state index in [1.54, 1.807) is 0 Å². The van der Waals surface area contributed by atoms with Crippen molar-refractivity contribution >= 4 is 27.5 Å². The number of nitriles is 1. The zero-order valence-corrected chi connectivity index (χ0v) is 12.5. The summed E-state index contributed by atoms with van der Waals surface area (Å²) in [6, 6.07) is 15.6. The molecule has 96 valence electrons. The molecule has 0 saturated heterocycles. The minimum absolute atomic E-state index is 0.684. The molecule has 0 amide bonds. The largest absolute Gasteiger partial charge is 0.309 e. The average Bonchev–Trinajstić information content (AvgIpc) is 2.43. The van der Waals surface area contributed by atoms with Crippen LogP contribution >= 0.6 is 27.5 Å². The molecule has 0 heterocycles. The van der Waals surface area contributed by atoms with E-state index in [2.05, 4.69) is 27.3 Å². The molecule has 4 heteroatoms. The predicted octanol–water partition coefficient (Wildman–Crippen LogP) is 4.26. The Labute approximate surface area is 126 Å². The summed E-state index contributed by atoms with van der Waals surface area (Å²) in [4.78, 5) is 0. The molecule has 0 fully saturated rings. The first kappa shape index (κ1) is 14.1. The standard InChI is InChI=1S/C15H12BrClN2/c16-14-6-5-13(7-15(14)17)10-19-9-12-3-1-11(8-18)2-4-12/h1-7,19H,9-10H2.